The third-order valence-corrected chi connectivity index (χ3v) is 5.79. The molecule has 0 aliphatic carbocycles. The number of hydrogen-bond donors (Lipinski definition) is 1. The minimum Gasteiger partial charge on any atom is -0.338 e. The first-order chi connectivity index (χ1) is 16.1. The molecule has 0 unspecified atom stereocenters. The molecule has 5 aromatic rings. The Bertz CT molecular complexity index is 1460. The number of nitrogens with zero attached hydrogens (tertiary/aromatic N) is 2. The van der Waals surface area contributed by atoms with Gasteiger partial charge in [-0.05, 0) is 49.2 Å². The summed E-state index contributed by atoms with van der Waals surface area (Å²) in [7, 11) is 0. The van der Waals surface area contributed by atoms with Crippen molar-refractivity contribution < 1.29 is 4.79 Å². The van der Waals surface area contributed by atoms with E-state index in [-0.39, 0.29) is 5.78 Å². The highest BCUT2D eigenvalue weighted by Gasteiger charge is 2.15. The van der Waals surface area contributed by atoms with Crippen LogP contribution in [-0.4, -0.2) is 16.0 Å². The van der Waals surface area contributed by atoms with Gasteiger partial charge >= 0.3 is 0 Å². The predicted molar refractivity (Wildman–Crippen MR) is 135 cm³/mol. The van der Waals surface area contributed by atoms with E-state index in [0.717, 1.165) is 38.8 Å². The summed E-state index contributed by atoms with van der Waals surface area (Å²) in [6, 6.07) is 32.4. The zero-order chi connectivity index (χ0) is 22.8. The molecule has 160 valence electrons. The molecule has 4 aromatic carbocycles. The van der Waals surface area contributed by atoms with Gasteiger partial charge in [-0.2, -0.15) is 0 Å². The van der Waals surface area contributed by atoms with Crippen LogP contribution in [0.4, 0.5) is 11.5 Å². The van der Waals surface area contributed by atoms with Crippen LogP contribution in [-0.2, 0) is 0 Å². The van der Waals surface area contributed by atoms with Crippen molar-refractivity contribution in [1.82, 2.24) is 10.2 Å². The summed E-state index contributed by atoms with van der Waals surface area (Å²) in [4.78, 5) is 11.6. The van der Waals surface area contributed by atoms with Crippen LogP contribution in [0.15, 0.2) is 97.1 Å². The molecular weight excluding hydrogens is 406 g/mol. The van der Waals surface area contributed by atoms with Crippen LogP contribution in [0.1, 0.15) is 22.8 Å². The Labute approximate surface area is 192 Å². The van der Waals surface area contributed by atoms with Crippen LogP contribution in [0.2, 0.25) is 0 Å². The van der Waals surface area contributed by atoms with E-state index >= 15 is 0 Å². The second kappa shape index (κ2) is 8.67. The lowest BCUT2D eigenvalue weighted by Crippen LogP contribution is -2.00. The van der Waals surface area contributed by atoms with Gasteiger partial charge < -0.3 is 5.32 Å². The molecule has 4 nitrogen and oxygen atoms in total. The quantitative estimate of drug-likeness (QED) is 0.300. The minimum absolute atomic E-state index is 0.0448. The molecule has 1 aromatic heterocycles. The van der Waals surface area contributed by atoms with Crippen LogP contribution in [0.25, 0.3) is 33.2 Å². The van der Waals surface area contributed by atoms with Gasteiger partial charge in [0.2, 0.25) is 0 Å². The van der Waals surface area contributed by atoms with Crippen molar-refractivity contribution in [2.45, 2.75) is 13.8 Å². The molecule has 33 heavy (non-hydrogen) atoms. The second-order valence-corrected chi connectivity index (χ2v) is 8.11. The molecule has 0 aliphatic heterocycles. The molecule has 0 bridgehead atoms. The van der Waals surface area contributed by atoms with E-state index in [1.54, 1.807) is 6.92 Å². The highest BCUT2D eigenvalue weighted by atomic mass is 16.1. The second-order valence-electron chi connectivity index (χ2n) is 8.11. The maximum atomic E-state index is 11.6. The van der Waals surface area contributed by atoms with Crippen molar-refractivity contribution in [3.63, 3.8) is 0 Å². The summed E-state index contributed by atoms with van der Waals surface area (Å²) in [5, 5.41) is 14.6. The van der Waals surface area contributed by atoms with E-state index in [4.69, 9.17) is 0 Å². The molecule has 1 N–H and O–H groups in total. The van der Waals surface area contributed by atoms with E-state index in [1.807, 2.05) is 48.5 Å². The van der Waals surface area contributed by atoms with Gasteiger partial charge in [-0.1, -0.05) is 78.4 Å². The average molecular weight is 430 g/mol. The molecular formula is C29H23N3O. The monoisotopic (exact) mass is 429 g/mol. The summed E-state index contributed by atoms with van der Waals surface area (Å²) in [5.74, 6) is 0.723. The van der Waals surface area contributed by atoms with Gasteiger partial charge in [0.25, 0.3) is 0 Å². The molecule has 5 rings (SSSR count). The van der Waals surface area contributed by atoms with E-state index in [1.165, 1.54) is 5.56 Å². The number of carbonyl (C=O) groups excluding carboxylic acids is 1. The van der Waals surface area contributed by atoms with E-state index in [9.17, 15) is 4.79 Å². The summed E-state index contributed by atoms with van der Waals surface area (Å²) < 4.78 is 0. The number of anilines is 2. The van der Waals surface area contributed by atoms with Crippen molar-refractivity contribution in [3.8, 4) is 22.4 Å². The zero-order valence-corrected chi connectivity index (χ0v) is 18.5. The first-order valence-electron chi connectivity index (χ1n) is 10.9. The van der Waals surface area contributed by atoms with Crippen LogP contribution in [0.5, 0.6) is 0 Å². The van der Waals surface area contributed by atoms with Gasteiger partial charge in [0, 0.05) is 27.6 Å². The third kappa shape index (κ3) is 4.11. The van der Waals surface area contributed by atoms with Gasteiger partial charge in [0.1, 0.15) is 5.69 Å². The fraction of sp³-hybridized carbons (Fsp3) is 0.0690. The zero-order valence-electron chi connectivity index (χ0n) is 18.5. The summed E-state index contributed by atoms with van der Waals surface area (Å²) in [6.45, 7) is 3.66. The number of aryl methyl sites for hydroxylation is 1. The van der Waals surface area contributed by atoms with E-state index in [2.05, 4.69) is 71.0 Å². The number of aromatic nitrogens is 2. The van der Waals surface area contributed by atoms with Crippen LogP contribution in [0.3, 0.4) is 0 Å². The van der Waals surface area contributed by atoms with Crippen LogP contribution in [0, 0.1) is 6.92 Å². The number of ketones is 1. The molecule has 0 saturated heterocycles. The number of carbonyl (C=O) groups is 1. The highest BCUT2D eigenvalue weighted by Crippen LogP contribution is 2.36. The summed E-state index contributed by atoms with van der Waals surface area (Å²) in [5.41, 5.74) is 6.93. The van der Waals surface area contributed by atoms with Crippen molar-refractivity contribution in [1.29, 1.82) is 0 Å². The minimum atomic E-state index is 0.0448. The standard InChI is InChI=1S/C29H23N3O/c1-19-11-13-22(14-12-19)24-7-3-4-8-25(24)28-26-9-5-6-10-27(26)29(32-31-28)30-23-17-15-21(16-18-23)20(2)33/h3-18H,1-2H3,(H,30,32). The maximum absolute atomic E-state index is 11.6. The van der Waals surface area contributed by atoms with E-state index < -0.39 is 0 Å². The Kier molecular flexibility index (Phi) is 5.41. The predicted octanol–water partition coefficient (Wildman–Crippen LogP) is 7.22. The Morgan fingerprint density at radius 2 is 1.33 bits per heavy atom. The topological polar surface area (TPSA) is 54.9 Å². The Balaban J connectivity index is 1.60. The van der Waals surface area contributed by atoms with Crippen molar-refractivity contribution >= 4 is 28.1 Å². The van der Waals surface area contributed by atoms with Gasteiger partial charge in [-0.15, -0.1) is 10.2 Å². The fourth-order valence-corrected chi connectivity index (χ4v) is 3.99. The van der Waals surface area contributed by atoms with Gasteiger partial charge in [0.05, 0.1) is 0 Å². The van der Waals surface area contributed by atoms with Crippen LogP contribution < -0.4 is 5.32 Å². The average Bonchev–Trinajstić information content (AvgIpc) is 2.85. The highest BCUT2D eigenvalue weighted by molar-refractivity contribution is 6.03. The SMILES string of the molecule is CC(=O)c1ccc(Nc2nnc(-c3ccccc3-c3ccc(C)cc3)c3ccccc23)cc1. The number of hydrogen-bond acceptors (Lipinski definition) is 4. The molecule has 0 amide bonds. The first-order valence-corrected chi connectivity index (χ1v) is 10.9. The number of fused-ring (bicyclic) bond motifs is 1. The molecule has 0 aliphatic rings. The molecule has 0 fully saturated rings. The molecule has 0 spiro atoms. The summed E-state index contributed by atoms with van der Waals surface area (Å²) >= 11 is 0. The van der Waals surface area contributed by atoms with Crippen molar-refractivity contribution in [3.05, 3.63) is 108 Å². The number of benzene rings is 4. The Morgan fingerprint density at radius 3 is 2.03 bits per heavy atom. The molecule has 0 radical (unpaired) electrons. The van der Waals surface area contributed by atoms with Crippen LogP contribution >= 0.6 is 0 Å². The third-order valence-electron chi connectivity index (χ3n) is 5.79. The number of Topliss-reactive ketones (excluding diaryl/α,β-unsaturated/α-hetero) is 1. The van der Waals surface area contributed by atoms with Gasteiger partial charge in [0.15, 0.2) is 11.6 Å². The number of nitrogens with one attached hydrogen (secondary N) is 1. The molecule has 1 heterocycles. The lowest BCUT2D eigenvalue weighted by molar-refractivity contribution is 0.101. The Hall–Kier alpha value is -4.31. The molecule has 4 heteroatoms. The first kappa shape index (κ1) is 20.6. The van der Waals surface area contributed by atoms with Crippen molar-refractivity contribution in [2.24, 2.45) is 0 Å². The fourth-order valence-electron chi connectivity index (χ4n) is 3.99. The smallest absolute Gasteiger partial charge is 0.161 e. The van der Waals surface area contributed by atoms with Gasteiger partial charge in [-0.3, -0.25) is 4.79 Å². The van der Waals surface area contributed by atoms with E-state index in [0.29, 0.717) is 11.4 Å². The lowest BCUT2D eigenvalue weighted by atomic mass is 9.95. The normalized spacial score (nSPS) is 10.8. The van der Waals surface area contributed by atoms with Gasteiger partial charge in [-0.25, -0.2) is 0 Å². The Morgan fingerprint density at radius 1 is 0.697 bits per heavy atom. The largest absolute Gasteiger partial charge is 0.338 e. The molecule has 0 atom stereocenters. The molecule has 0 saturated carbocycles. The maximum Gasteiger partial charge on any atom is 0.161 e. The summed E-state index contributed by atoms with van der Waals surface area (Å²) in [6.07, 6.45) is 0. The van der Waals surface area contributed by atoms with Crippen molar-refractivity contribution in [2.75, 3.05) is 5.32 Å². The lowest BCUT2D eigenvalue weighted by Gasteiger charge is -2.14. The number of rotatable bonds is 5.